The zero-order chi connectivity index (χ0) is 15.8. The summed E-state index contributed by atoms with van der Waals surface area (Å²) in [6.45, 7) is 2.75. The number of aliphatic hydroxyl groups is 1. The van der Waals surface area contributed by atoms with Crippen LogP contribution >= 0.6 is 0 Å². The number of hydrogen-bond donors (Lipinski definition) is 3. The third-order valence-electron chi connectivity index (χ3n) is 3.89. The number of carbonyl (C=O) groups is 1. The fraction of sp³-hybridized carbons (Fsp3) is 0.615. The van der Waals surface area contributed by atoms with Crippen molar-refractivity contribution in [3.8, 4) is 0 Å². The molecule has 118 valence electrons. The molecule has 0 spiro atoms. The molecule has 2 atom stereocenters. The van der Waals surface area contributed by atoms with Gasteiger partial charge in [-0.3, -0.25) is 0 Å². The van der Waals surface area contributed by atoms with Gasteiger partial charge in [0, 0.05) is 12.6 Å². The SMILES string of the molecule is Cc1oc(C)c(S(=O)(=O)NC2CCCC2CO)c1C(=O)O. The number of nitrogens with one attached hydrogen (secondary N) is 1. The average Bonchev–Trinajstić information content (AvgIpc) is 2.92. The number of carboxylic acid groups (broad SMARTS) is 1. The lowest BCUT2D eigenvalue weighted by atomic mass is 10.1. The smallest absolute Gasteiger partial charge is 0.340 e. The van der Waals surface area contributed by atoms with Crippen LogP contribution in [-0.2, 0) is 10.0 Å². The number of aromatic carboxylic acids is 1. The molecular weight excluding hydrogens is 298 g/mol. The quantitative estimate of drug-likeness (QED) is 0.747. The molecule has 0 aromatic carbocycles. The molecule has 0 aliphatic heterocycles. The van der Waals surface area contributed by atoms with Gasteiger partial charge in [0.15, 0.2) is 0 Å². The van der Waals surface area contributed by atoms with Crippen molar-refractivity contribution in [2.24, 2.45) is 5.92 Å². The van der Waals surface area contributed by atoms with Crippen molar-refractivity contribution in [2.75, 3.05) is 6.61 Å². The highest BCUT2D eigenvalue weighted by atomic mass is 32.2. The van der Waals surface area contributed by atoms with E-state index in [2.05, 4.69) is 4.72 Å². The zero-order valence-corrected chi connectivity index (χ0v) is 12.7. The molecule has 7 nitrogen and oxygen atoms in total. The Morgan fingerprint density at radius 2 is 2.00 bits per heavy atom. The molecule has 8 heteroatoms. The van der Waals surface area contributed by atoms with E-state index in [4.69, 9.17) is 4.42 Å². The van der Waals surface area contributed by atoms with Crippen molar-refractivity contribution in [3.63, 3.8) is 0 Å². The van der Waals surface area contributed by atoms with Gasteiger partial charge in [0.05, 0.1) is 0 Å². The molecule has 1 aromatic rings. The summed E-state index contributed by atoms with van der Waals surface area (Å²) < 4.78 is 32.7. The summed E-state index contributed by atoms with van der Waals surface area (Å²) in [6, 6.07) is -0.378. The summed E-state index contributed by atoms with van der Waals surface area (Å²) in [5.74, 6) is -1.36. The first-order chi connectivity index (χ1) is 9.77. The first kappa shape index (κ1) is 16.0. The van der Waals surface area contributed by atoms with Gasteiger partial charge in [0.1, 0.15) is 22.0 Å². The largest absolute Gasteiger partial charge is 0.478 e. The van der Waals surface area contributed by atoms with Gasteiger partial charge in [-0.25, -0.2) is 17.9 Å². The van der Waals surface area contributed by atoms with Crippen molar-refractivity contribution >= 4 is 16.0 Å². The lowest BCUT2D eigenvalue weighted by Crippen LogP contribution is -2.39. The summed E-state index contributed by atoms with van der Waals surface area (Å²) in [5, 5.41) is 18.4. The lowest BCUT2D eigenvalue weighted by molar-refractivity contribution is 0.0691. The summed E-state index contributed by atoms with van der Waals surface area (Å²) in [5.41, 5.74) is -0.335. The van der Waals surface area contributed by atoms with Gasteiger partial charge in [-0.15, -0.1) is 0 Å². The summed E-state index contributed by atoms with van der Waals surface area (Å²) in [6.07, 6.45) is 2.20. The first-order valence-corrected chi connectivity index (χ1v) is 8.22. The number of furan rings is 1. The monoisotopic (exact) mass is 317 g/mol. The highest BCUT2D eigenvalue weighted by molar-refractivity contribution is 7.89. The number of hydrogen-bond acceptors (Lipinski definition) is 5. The lowest BCUT2D eigenvalue weighted by Gasteiger charge is -2.19. The number of aliphatic hydroxyl groups excluding tert-OH is 1. The molecule has 0 saturated heterocycles. The maximum atomic E-state index is 12.5. The van der Waals surface area contributed by atoms with Crippen LogP contribution in [0.15, 0.2) is 9.31 Å². The van der Waals surface area contributed by atoms with Crippen LogP contribution in [0, 0.1) is 19.8 Å². The van der Waals surface area contributed by atoms with Gasteiger partial charge >= 0.3 is 5.97 Å². The van der Waals surface area contributed by atoms with Crippen molar-refractivity contribution in [2.45, 2.75) is 44.0 Å². The molecule has 1 aliphatic rings. The molecule has 0 radical (unpaired) electrons. The Balaban J connectivity index is 2.38. The van der Waals surface area contributed by atoms with E-state index in [-0.39, 0.29) is 40.5 Å². The van der Waals surface area contributed by atoms with Crippen LogP contribution in [0.25, 0.3) is 0 Å². The van der Waals surface area contributed by atoms with Crippen molar-refractivity contribution in [3.05, 3.63) is 17.1 Å². The Kier molecular flexibility index (Phi) is 4.40. The number of sulfonamides is 1. The highest BCUT2D eigenvalue weighted by Gasteiger charge is 2.35. The predicted octanol–water partition coefficient (Wildman–Crippen LogP) is 1.03. The predicted molar refractivity (Wildman–Crippen MR) is 73.7 cm³/mol. The zero-order valence-electron chi connectivity index (χ0n) is 11.9. The van der Waals surface area contributed by atoms with Gasteiger partial charge in [-0.05, 0) is 32.6 Å². The minimum absolute atomic E-state index is 0.0518. The Morgan fingerprint density at radius 3 is 2.57 bits per heavy atom. The molecule has 1 aromatic heterocycles. The molecule has 1 fully saturated rings. The van der Waals surface area contributed by atoms with E-state index in [1.165, 1.54) is 13.8 Å². The number of carboxylic acids is 1. The Hall–Kier alpha value is -1.38. The van der Waals surface area contributed by atoms with Crippen LogP contribution < -0.4 is 4.72 Å². The second kappa shape index (κ2) is 5.78. The third kappa shape index (κ3) is 2.97. The van der Waals surface area contributed by atoms with E-state index in [1.54, 1.807) is 0 Å². The maximum absolute atomic E-state index is 12.5. The topological polar surface area (TPSA) is 117 Å². The van der Waals surface area contributed by atoms with Crippen LogP contribution in [0.3, 0.4) is 0 Å². The van der Waals surface area contributed by atoms with Crippen LogP contribution in [0.2, 0.25) is 0 Å². The van der Waals surface area contributed by atoms with E-state index in [0.717, 1.165) is 12.8 Å². The van der Waals surface area contributed by atoms with Gasteiger partial charge < -0.3 is 14.6 Å². The Morgan fingerprint density at radius 1 is 1.33 bits per heavy atom. The van der Waals surface area contributed by atoms with Crippen molar-refractivity contribution < 1.29 is 27.8 Å². The number of aryl methyl sites for hydroxylation is 2. The summed E-state index contributed by atoms with van der Waals surface area (Å²) >= 11 is 0. The second-order valence-electron chi connectivity index (χ2n) is 5.33. The molecular formula is C13H19NO6S. The fourth-order valence-corrected chi connectivity index (χ4v) is 4.65. The average molecular weight is 317 g/mol. The van der Waals surface area contributed by atoms with E-state index >= 15 is 0 Å². The van der Waals surface area contributed by atoms with E-state index in [0.29, 0.717) is 6.42 Å². The number of rotatable bonds is 5. The van der Waals surface area contributed by atoms with Crippen molar-refractivity contribution in [1.29, 1.82) is 0 Å². The molecule has 2 unspecified atom stereocenters. The fourth-order valence-electron chi connectivity index (χ4n) is 2.90. The molecule has 21 heavy (non-hydrogen) atoms. The van der Waals surface area contributed by atoms with E-state index in [1.807, 2.05) is 0 Å². The minimum atomic E-state index is -4.01. The van der Waals surface area contributed by atoms with Crippen LogP contribution in [-0.4, -0.2) is 37.2 Å². The van der Waals surface area contributed by atoms with Crippen LogP contribution in [0.4, 0.5) is 0 Å². The van der Waals surface area contributed by atoms with E-state index < -0.39 is 16.0 Å². The molecule has 2 rings (SSSR count). The highest BCUT2D eigenvalue weighted by Crippen LogP contribution is 2.30. The second-order valence-corrected chi connectivity index (χ2v) is 6.98. The molecule has 1 aliphatic carbocycles. The summed E-state index contributed by atoms with van der Waals surface area (Å²) in [7, 11) is -4.01. The molecule has 1 heterocycles. The van der Waals surface area contributed by atoms with Gasteiger partial charge in [-0.1, -0.05) is 6.42 Å². The molecule has 0 bridgehead atoms. The van der Waals surface area contributed by atoms with Gasteiger partial charge in [0.25, 0.3) is 0 Å². The molecule has 0 amide bonds. The molecule has 3 N–H and O–H groups in total. The van der Waals surface area contributed by atoms with Crippen LogP contribution in [0.1, 0.15) is 41.1 Å². The minimum Gasteiger partial charge on any atom is -0.478 e. The van der Waals surface area contributed by atoms with Crippen molar-refractivity contribution in [1.82, 2.24) is 4.72 Å². The Labute approximate surface area is 123 Å². The first-order valence-electron chi connectivity index (χ1n) is 6.74. The maximum Gasteiger partial charge on any atom is 0.340 e. The van der Waals surface area contributed by atoms with E-state index in [9.17, 15) is 23.4 Å². The van der Waals surface area contributed by atoms with Gasteiger partial charge in [-0.2, -0.15) is 0 Å². The van der Waals surface area contributed by atoms with Crippen LogP contribution in [0.5, 0.6) is 0 Å². The van der Waals surface area contributed by atoms with Gasteiger partial charge in [0.2, 0.25) is 10.0 Å². The normalized spacial score (nSPS) is 22.6. The molecule has 1 saturated carbocycles. The summed E-state index contributed by atoms with van der Waals surface area (Å²) in [4.78, 5) is 10.9. The third-order valence-corrected chi connectivity index (χ3v) is 5.53. The standard InChI is InChI=1S/C13H19NO6S/c1-7-11(13(16)17)12(8(2)20-7)21(18,19)14-10-5-3-4-9(10)6-15/h9-10,14-15H,3-6H2,1-2H3,(H,16,17). The Bertz CT molecular complexity index is 648.